The molecule has 1 atom stereocenters. The zero-order chi connectivity index (χ0) is 21.1. The summed E-state index contributed by atoms with van der Waals surface area (Å²) in [7, 11) is 0. The van der Waals surface area contributed by atoms with Gasteiger partial charge in [0.2, 0.25) is 5.91 Å². The van der Waals surface area contributed by atoms with Crippen LogP contribution in [0.4, 0.5) is 5.69 Å². The molecule has 0 spiro atoms. The van der Waals surface area contributed by atoms with E-state index in [9.17, 15) is 9.59 Å². The zero-order valence-electron chi connectivity index (χ0n) is 17.0. The van der Waals surface area contributed by atoms with Gasteiger partial charge < -0.3 is 5.32 Å². The number of aryl methyl sites for hydroxylation is 1. The van der Waals surface area contributed by atoms with Gasteiger partial charge in [-0.15, -0.1) is 0 Å². The van der Waals surface area contributed by atoms with Crippen molar-refractivity contribution >= 4 is 22.4 Å². The molecule has 4 rings (SSSR count). The number of hydrogen-bond donors (Lipinski definition) is 1. The molecule has 5 nitrogen and oxygen atoms in total. The van der Waals surface area contributed by atoms with Gasteiger partial charge in [-0.25, -0.2) is 4.68 Å². The van der Waals surface area contributed by atoms with Crippen molar-refractivity contribution in [1.82, 2.24) is 9.78 Å². The summed E-state index contributed by atoms with van der Waals surface area (Å²) in [5.74, 6) is -0.278. The van der Waals surface area contributed by atoms with E-state index in [1.54, 1.807) is 13.0 Å². The van der Waals surface area contributed by atoms with Crippen LogP contribution in [0, 0.1) is 6.92 Å². The van der Waals surface area contributed by atoms with Crippen LogP contribution in [0.5, 0.6) is 0 Å². The second-order valence-corrected chi connectivity index (χ2v) is 7.38. The molecule has 1 unspecified atom stereocenters. The van der Waals surface area contributed by atoms with Crippen LogP contribution >= 0.6 is 0 Å². The molecule has 0 fully saturated rings. The van der Waals surface area contributed by atoms with Gasteiger partial charge in [-0.2, -0.15) is 5.10 Å². The second-order valence-electron chi connectivity index (χ2n) is 7.38. The smallest absolute Gasteiger partial charge is 0.275 e. The summed E-state index contributed by atoms with van der Waals surface area (Å²) in [6.45, 7) is 3.63. The van der Waals surface area contributed by atoms with Crippen LogP contribution in [-0.2, 0) is 11.2 Å². The van der Waals surface area contributed by atoms with Gasteiger partial charge in [0.1, 0.15) is 6.04 Å². The van der Waals surface area contributed by atoms with Crippen molar-refractivity contribution in [2.45, 2.75) is 26.3 Å². The Kier molecular flexibility index (Phi) is 5.44. The van der Waals surface area contributed by atoms with E-state index in [2.05, 4.69) is 10.4 Å². The number of para-hydroxylation sites is 1. The summed E-state index contributed by atoms with van der Waals surface area (Å²) in [4.78, 5) is 26.0. The minimum Gasteiger partial charge on any atom is -0.324 e. The average Bonchev–Trinajstić information content (AvgIpc) is 2.77. The predicted molar refractivity (Wildman–Crippen MR) is 120 cm³/mol. The maximum atomic E-state index is 13.1. The van der Waals surface area contributed by atoms with Gasteiger partial charge in [0, 0.05) is 17.5 Å². The fourth-order valence-corrected chi connectivity index (χ4v) is 3.52. The molecule has 30 heavy (non-hydrogen) atoms. The van der Waals surface area contributed by atoms with Crippen LogP contribution in [0.25, 0.3) is 10.8 Å². The molecular weight excluding hydrogens is 374 g/mol. The molecule has 0 aliphatic rings. The third-order valence-corrected chi connectivity index (χ3v) is 5.27. The number of benzene rings is 3. The summed E-state index contributed by atoms with van der Waals surface area (Å²) < 4.78 is 1.30. The van der Waals surface area contributed by atoms with Crippen molar-refractivity contribution in [2.75, 3.05) is 5.32 Å². The van der Waals surface area contributed by atoms with Crippen molar-refractivity contribution in [3.63, 3.8) is 0 Å². The molecule has 5 heteroatoms. The first-order valence-corrected chi connectivity index (χ1v) is 9.95. The summed E-state index contributed by atoms with van der Waals surface area (Å²) >= 11 is 0. The van der Waals surface area contributed by atoms with Gasteiger partial charge in [0.15, 0.2) is 0 Å². The molecule has 0 saturated carbocycles. The van der Waals surface area contributed by atoms with E-state index >= 15 is 0 Å². The molecule has 1 N–H and O–H groups in total. The molecule has 0 radical (unpaired) electrons. The van der Waals surface area contributed by atoms with Gasteiger partial charge in [-0.1, -0.05) is 66.7 Å². The number of nitrogens with one attached hydrogen (secondary N) is 1. The molecule has 1 heterocycles. The lowest BCUT2D eigenvalue weighted by atomic mass is 10.0. The Balaban J connectivity index is 1.74. The van der Waals surface area contributed by atoms with Crippen molar-refractivity contribution < 1.29 is 4.79 Å². The molecule has 3 aromatic carbocycles. The van der Waals surface area contributed by atoms with Crippen LogP contribution in [0.15, 0.2) is 83.7 Å². The number of carbonyl (C=O) groups is 1. The minimum atomic E-state index is -0.753. The monoisotopic (exact) mass is 397 g/mol. The lowest BCUT2D eigenvalue weighted by Gasteiger charge is -2.17. The number of carbonyl (C=O) groups excluding carboxylic acids is 1. The minimum absolute atomic E-state index is 0.269. The number of rotatable bonds is 5. The fraction of sp³-hybridized carbons (Fsp3) is 0.160. The summed E-state index contributed by atoms with van der Waals surface area (Å²) in [6, 6.07) is 24.2. The van der Waals surface area contributed by atoms with Crippen molar-refractivity contribution in [3.05, 3.63) is 106 Å². The van der Waals surface area contributed by atoms with Crippen molar-refractivity contribution in [2.24, 2.45) is 0 Å². The van der Waals surface area contributed by atoms with Crippen LogP contribution in [0.2, 0.25) is 0 Å². The Bertz CT molecular complexity index is 1260. The number of aromatic nitrogens is 2. The highest BCUT2D eigenvalue weighted by atomic mass is 16.2. The largest absolute Gasteiger partial charge is 0.324 e. The maximum Gasteiger partial charge on any atom is 0.275 e. The molecule has 150 valence electrons. The summed E-state index contributed by atoms with van der Waals surface area (Å²) in [6.07, 6.45) is 0.577. The second kappa shape index (κ2) is 8.33. The van der Waals surface area contributed by atoms with E-state index in [-0.39, 0.29) is 11.5 Å². The number of hydrogen-bond acceptors (Lipinski definition) is 3. The van der Waals surface area contributed by atoms with E-state index in [1.807, 2.05) is 79.7 Å². The highest BCUT2D eigenvalue weighted by Gasteiger charge is 2.21. The lowest BCUT2D eigenvalue weighted by Crippen LogP contribution is -2.34. The SMILES string of the molecule is Cc1ccccc1NC(=O)C(C)n1nc(Cc2ccccc2)c2ccccc2c1=O. The Morgan fingerprint density at radius 3 is 2.30 bits per heavy atom. The quantitative estimate of drug-likeness (QED) is 0.539. The number of fused-ring (bicyclic) bond motifs is 1. The first-order chi connectivity index (χ1) is 14.5. The van der Waals surface area contributed by atoms with Gasteiger partial charge in [0.05, 0.1) is 11.1 Å². The van der Waals surface area contributed by atoms with Crippen LogP contribution < -0.4 is 10.9 Å². The molecule has 0 saturated heterocycles. The third kappa shape index (κ3) is 3.87. The van der Waals surface area contributed by atoms with Gasteiger partial charge in [-0.3, -0.25) is 9.59 Å². The lowest BCUT2D eigenvalue weighted by molar-refractivity contribution is -0.119. The van der Waals surface area contributed by atoms with Gasteiger partial charge >= 0.3 is 0 Å². The van der Waals surface area contributed by atoms with Crippen LogP contribution in [-0.4, -0.2) is 15.7 Å². The standard InChI is InChI=1S/C25H23N3O2/c1-17-10-6-9-15-22(17)26-24(29)18(2)28-25(30)21-14-8-7-13-20(21)23(27-28)16-19-11-4-3-5-12-19/h3-15,18H,16H2,1-2H3,(H,26,29). The molecule has 0 aliphatic heterocycles. The highest BCUT2D eigenvalue weighted by Crippen LogP contribution is 2.19. The van der Waals surface area contributed by atoms with E-state index in [0.29, 0.717) is 11.8 Å². The van der Waals surface area contributed by atoms with Crippen LogP contribution in [0.1, 0.15) is 29.8 Å². The number of amides is 1. The molecular formula is C25H23N3O2. The normalized spacial score (nSPS) is 11.9. The van der Waals surface area contributed by atoms with Crippen LogP contribution in [0.3, 0.4) is 0 Å². The van der Waals surface area contributed by atoms with E-state index < -0.39 is 6.04 Å². The first-order valence-electron chi connectivity index (χ1n) is 9.95. The number of anilines is 1. The zero-order valence-corrected chi connectivity index (χ0v) is 17.0. The molecule has 0 aliphatic carbocycles. The van der Waals surface area contributed by atoms with E-state index in [4.69, 9.17) is 0 Å². The number of nitrogens with zero attached hydrogens (tertiary/aromatic N) is 2. The molecule has 1 amide bonds. The van der Waals surface area contributed by atoms with Gasteiger partial charge in [0.25, 0.3) is 5.56 Å². The summed E-state index contributed by atoms with van der Waals surface area (Å²) in [5.41, 5.74) is 3.29. The third-order valence-electron chi connectivity index (χ3n) is 5.27. The average molecular weight is 397 g/mol. The Morgan fingerprint density at radius 1 is 0.933 bits per heavy atom. The predicted octanol–water partition coefficient (Wildman–Crippen LogP) is 4.50. The molecule has 4 aromatic rings. The Morgan fingerprint density at radius 2 is 1.57 bits per heavy atom. The fourth-order valence-electron chi connectivity index (χ4n) is 3.52. The Hall–Kier alpha value is -3.73. The van der Waals surface area contributed by atoms with Gasteiger partial charge in [-0.05, 0) is 37.1 Å². The van der Waals surface area contributed by atoms with E-state index in [0.717, 1.165) is 27.9 Å². The summed E-state index contributed by atoms with van der Waals surface area (Å²) in [5, 5.41) is 8.92. The Labute approximate surface area is 175 Å². The van der Waals surface area contributed by atoms with Crippen molar-refractivity contribution in [3.8, 4) is 0 Å². The van der Waals surface area contributed by atoms with Crippen molar-refractivity contribution in [1.29, 1.82) is 0 Å². The highest BCUT2D eigenvalue weighted by molar-refractivity contribution is 5.94. The maximum absolute atomic E-state index is 13.1. The molecule has 0 bridgehead atoms. The van der Waals surface area contributed by atoms with E-state index in [1.165, 1.54) is 4.68 Å². The first kappa shape index (κ1) is 19.6. The molecule has 1 aromatic heterocycles. The topological polar surface area (TPSA) is 64.0 Å².